The van der Waals surface area contributed by atoms with Gasteiger partial charge in [0.25, 0.3) is 0 Å². The number of carbonyl (C=O) groups is 1. The summed E-state index contributed by atoms with van der Waals surface area (Å²) in [6.45, 7) is 2.20. The molecule has 0 atom stereocenters. The van der Waals surface area contributed by atoms with Crippen molar-refractivity contribution in [2.24, 2.45) is 0 Å². The zero-order chi connectivity index (χ0) is 14.8. The predicted octanol–water partition coefficient (Wildman–Crippen LogP) is 2.77. The molecule has 0 spiro atoms. The fourth-order valence-corrected chi connectivity index (χ4v) is 2.72. The highest BCUT2D eigenvalue weighted by molar-refractivity contribution is 5.87. The summed E-state index contributed by atoms with van der Waals surface area (Å²) in [5.74, 6) is -0.897. The first-order chi connectivity index (χ1) is 10.2. The molecule has 104 valence electrons. The Balaban J connectivity index is 1.79. The monoisotopic (exact) mass is 278 g/mol. The Hall–Kier alpha value is -2.64. The van der Waals surface area contributed by atoms with Gasteiger partial charge < -0.3 is 5.11 Å². The topological polar surface area (TPSA) is 64.3 Å². The van der Waals surface area contributed by atoms with Crippen LogP contribution in [0.4, 0.5) is 0 Å². The summed E-state index contributed by atoms with van der Waals surface area (Å²) < 4.78 is 0. The van der Waals surface area contributed by atoms with Gasteiger partial charge in [-0.25, -0.2) is 4.79 Å². The maximum atomic E-state index is 11.0. The summed E-state index contributed by atoms with van der Waals surface area (Å²) in [6.07, 6.45) is 0. The van der Waals surface area contributed by atoms with Crippen LogP contribution >= 0.6 is 0 Å². The van der Waals surface area contributed by atoms with E-state index in [-0.39, 0.29) is 0 Å². The second-order valence-electron chi connectivity index (χ2n) is 5.20. The maximum absolute atomic E-state index is 11.0. The van der Waals surface area contributed by atoms with Crippen LogP contribution < -0.4 is 0 Å². The third kappa shape index (κ3) is 2.64. The smallest absolute Gasteiger partial charge is 0.335 e. The molecule has 0 aromatic heterocycles. The molecule has 2 aromatic rings. The fraction of sp³-hybridized carbons (Fsp3) is 0.176. The molecule has 2 aromatic carbocycles. The first-order valence-corrected chi connectivity index (χ1v) is 6.73. The Morgan fingerprint density at radius 3 is 2.71 bits per heavy atom. The van der Waals surface area contributed by atoms with Gasteiger partial charge in [0, 0.05) is 19.6 Å². The van der Waals surface area contributed by atoms with Gasteiger partial charge in [-0.05, 0) is 34.9 Å². The van der Waals surface area contributed by atoms with Crippen molar-refractivity contribution in [3.05, 3.63) is 70.3 Å². The van der Waals surface area contributed by atoms with E-state index in [0.29, 0.717) is 17.7 Å². The van der Waals surface area contributed by atoms with Crippen molar-refractivity contribution in [1.82, 2.24) is 4.90 Å². The van der Waals surface area contributed by atoms with E-state index in [4.69, 9.17) is 10.4 Å². The fourth-order valence-electron chi connectivity index (χ4n) is 2.72. The Kier molecular flexibility index (Phi) is 3.43. The summed E-state index contributed by atoms with van der Waals surface area (Å²) in [6, 6.07) is 15.1. The number of nitrogens with zero attached hydrogens (tertiary/aromatic N) is 2. The molecule has 1 N–H and O–H groups in total. The zero-order valence-corrected chi connectivity index (χ0v) is 11.4. The standard InChI is InChI=1S/C17H14N2O2/c18-8-13-3-1-2-4-14(13)9-19-10-15-6-5-12(17(20)21)7-16(15)11-19/h1-7H,9-11H2,(H,20,21). The van der Waals surface area contributed by atoms with Crippen LogP contribution in [0.15, 0.2) is 42.5 Å². The van der Waals surface area contributed by atoms with Gasteiger partial charge in [0.2, 0.25) is 0 Å². The van der Waals surface area contributed by atoms with Crippen LogP contribution in [0.5, 0.6) is 0 Å². The van der Waals surface area contributed by atoms with Gasteiger partial charge in [-0.3, -0.25) is 4.90 Å². The molecule has 0 radical (unpaired) electrons. The van der Waals surface area contributed by atoms with E-state index in [9.17, 15) is 4.79 Å². The van der Waals surface area contributed by atoms with Crippen LogP contribution in [0.2, 0.25) is 0 Å². The highest BCUT2D eigenvalue weighted by Crippen LogP contribution is 2.26. The lowest BCUT2D eigenvalue weighted by Crippen LogP contribution is -2.16. The first-order valence-electron chi connectivity index (χ1n) is 6.73. The normalized spacial score (nSPS) is 13.7. The third-order valence-corrected chi connectivity index (χ3v) is 3.77. The lowest BCUT2D eigenvalue weighted by Gasteiger charge is -2.15. The molecule has 1 heterocycles. The second kappa shape index (κ2) is 5.39. The highest BCUT2D eigenvalue weighted by atomic mass is 16.4. The maximum Gasteiger partial charge on any atom is 0.335 e. The predicted molar refractivity (Wildman–Crippen MR) is 77.5 cm³/mol. The van der Waals surface area contributed by atoms with Crippen LogP contribution in [-0.4, -0.2) is 16.0 Å². The summed E-state index contributed by atoms with van der Waals surface area (Å²) >= 11 is 0. The van der Waals surface area contributed by atoms with Crippen molar-refractivity contribution in [2.45, 2.75) is 19.6 Å². The molecule has 4 heteroatoms. The highest BCUT2D eigenvalue weighted by Gasteiger charge is 2.21. The molecule has 0 aliphatic carbocycles. The Bertz CT molecular complexity index is 747. The minimum Gasteiger partial charge on any atom is -0.478 e. The number of aromatic carboxylic acids is 1. The van der Waals surface area contributed by atoms with Crippen LogP contribution in [0.25, 0.3) is 0 Å². The largest absolute Gasteiger partial charge is 0.478 e. The summed E-state index contributed by atoms with van der Waals surface area (Å²) in [5, 5.41) is 18.2. The number of hydrogen-bond donors (Lipinski definition) is 1. The molecular formula is C17H14N2O2. The molecule has 0 amide bonds. The van der Waals surface area contributed by atoms with Crippen molar-refractivity contribution in [2.75, 3.05) is 0 Å². The zero-order valence-electron chi connectivity index (χ0n) is 11.4. The Morgan fingerprint density at radius 1 is 1.19 bits per heavy atom. The number of rotatable bonds is 3. The van der Waals surface area contributed by atoms with E-state index in [1.807, 2.05) is 30.3 Å². The van der Waals surface area contributed by atoms with Crippen molar-refractivity contribution in [3.63, 3.8) is 0 Å². The van der Waals surface area contributed by atoms with Crippen molar-refractivity contribution < 1.29 is 9.90 Å². The van der Waals surface area contributed by atoms with Crippen LogP contribution in [-0.2, 0) is 19.6 Å². The van der Waals surface area contributed by atoms with E-state index >= 15 is 0 Å². The molecule has 0 bridgehead atoms. The lowest BCUT2D eigenvalue weighted by atomic mass is 10.1. The molecular weight excluding hydrogens is 264 g/mol. The molecule has 0 saturated carbocycles. The second-order valence-corrected chi connectivity index (χ2v) is 5.20. The number of carboxylic acid groups (broad SMARTS) is 1. The first kappa shape index (κ1) is 13.3. The summed E-state index contributed by atoms with van der Waals surface area (Å²) in [7, 11) is 0. The molecule has 0 unspecified atom stereocenters. The SMILES string of the molecule is N#Cc1ccccc1CN1Cc2ccc(C(=O)O)cc2C1. The number of benzene rings is 2. The number of fused-ring (bicyclic) bond motifs is 1. The molecule has 4 nitrogen and oxygen atoms in total. The molecule has 1 aliphatic heterocycles. The number of nitriles is 1. The average Bonchev–Trinajstić information content (AvgIpc) is 2.89. The van der Waals surface area contributed by atoms with Gasteiger partial charge in [0.1, 0.15) is 0 Å². The van der Waals surface area contributed by atoms with Gasteiger partial charge in [-0.1, -0.05) is 24.3 Å². The van der Waals surface area contributed by atoms with Gasteiger partial charge in [-0.2, -0.15) is 5.26 Å². The van der Waals surface area contributed by atoms with Gasteiger partial charge in [0.15, 0.2) is 0 Å². The van der Waals surface area contributed by atoms with E-state index in [2.05, 4.69) is 11.0 Å². The van der Waals surface area contributed by atoms with Crippen LogP contribution in [0.1, 0.15) is 32.6 Å². The van der Waals surface area contributed by atoms with Crippen LogP contribution in [0, 0.1) is 11.3 Å². The summed E-state index contributed by atoms with van der Waals surface area (Å²) in [4.78, 5) is 13.2. The van der Waals surface area contributed by atoms with E-state index in [0.717, 1.165) is 29.8 Å². The van der Waals surface area contributed by atoms with Crippen LogP contribution in [0.3, 0.4) is 0 Å². The Labute approximate surface area is 122 Å². The number of carboxylic acids is 1. The quantitative estimate of drug-likeness (QED) is 0.937. The lowest BCUT2D eigenvalue weighted by molar-refractivity contribution is 0.0696. The molecule has 21 heavy (non-hydrogen) atoms. The van der Waals surface area contributed by atoms with E-state index < -0.39 is 5.97 Å². The Morgan fingerprint density at radius 2 is 1.95 bits per heavy atom. The van der Waals surface area contributed by atoms with Crippen molar-refractivity contribution in [1.29, 1.82) is 5.26 Å². The number of hydrogen-bond acceptors (Lipinski definition) is 3. The van der Waals surface area contributed by atoms with Gasteiger partial charge in [0.05, 0.1) is 17.2 Å². The van der Waals surface area contributed by atoms with Gasteiger partial charge in [-0.15, -0.1) is 0 Å². The van der Waals surface area contributed by atoms with E-state index in [1.165, 1.54) is 0 Å². The molecule has 3 rings (SSSR count). The van der Waals surface area contributed by atoms with E-state index in [1.54, 1.807) is 12.1 Å². The minimum atomic E-state index is -0.897. The van der Waals surface area contributed by atoms with Crippen molar-refractivity contribution in [3.8, 4) is 6.07 Å². The minimum absolute atomic E-state index is 0.327. The molecule has 0 fully saturated rings. The third-order valence-electron chi connectivity index (χ3n) is 3.77. The van der Waals surface area contributed by atoms with Gasteiger partial charge >= 0.3 is 5.97 Å². The average molecular weight is 278 g/mol. The molecule has 1 aliphatic rings. The molecule has 0 saturated heterocycles. The van der Waals surface area contributed by atoms with Crippen molar-refractivity contribution >= 4 is 5.97 Å². The summed E-state index contributed by atoms with van der Waals surface area (Å²) in [5.41, 5.74) is 4.25.